The van der Waals surface area contributed by atoms with Gasteiger partial charge in [0.1, 0.15) is 5.71 Å². The van der Waals surface area contributed by atoms with E-state index in [1.807, 2.05) is 27.7 Å². The quantitative estimate of drug-likeness (QED) is 0.390. The third-order valence-electron chi connectivity index (χ3n) is 4.51. The number of ether oxygens (including phenoxy) is 3. The lowest BCUT2D eigenvalue weighted by atomic mass is 9.84. The van der Waals surface area contributed by atoms with Gasteiger partial charge < -0.3 is 19.0 Å². The van der Waals surface area contributed by atoms with Gasteiger partial charge in [-0.3, -0.25) is 4.79 Å². The molecule has 0 N–H and O–H groups in total. The number of carbonyl (C=O) groups is 2. The predicted molar refractivity (Wildman–Crippen MR) is 110 cm³/mol. The lowest BCUT2D eigenvalue weighted by Crippen LogP contribution is -2.21. The van der Waals surface area contributed by atoms with E-state index in [0.717, 1.165) is 0 Å². The highest BCUT2D eigenvalue weighted by Gasteiger charge is 2.25. The number of hydrogen-bond acceptors (Lipinski definition) is 7. The van der Waals surface area contributed by atoms with E-state index in [4.69, 9.17) is 19.0 Å². The Kier molecular flexibility index (Phi) is 7.20. The van der Waals surface area contributed by atoms with Crippen molar-refractivity contribution < 1.29 is 28.6 Å². The van der Waals surface area contributed by atoms with Crippen molar-refractivity contribution in [1.29, 1.82) is 0 Å². The highest BCUT2D eigenvalue weighted by molar-refractivity contribution is 6.22. The zero-order valence-electron chi connectivity index (χ0n) is 17.9. The van der Waals surface area contributed by atoms with Crippen LogP contribution in [0.1, 0.15) is 38.1 Å². The number of Topliss-reactive ketones (excluding diaryl/α,β-unsaturated/α-hetero) is 1. The highest BCUT2D eigenvalue weighted by atomic mass is 16.7. The van der Waals surface area contributed by atoms with E-state index < -0.39 is 5.97 Å². The van der Waals surface area contributed by atoms with Crippen LogP contribution >= 0.6 is 0 Å². The molecule has 0 amide bonds. The van der Waals surface area contributed by atoms with Gasteiger partial charge >= 0.3 is 5.97 Å². The van der Waals surface area contributed by atoms with Gasteiger partial charge in [0.25, 0.3) is 0 Å². The van der Waals surface area contributed by atoms with Gasteiger partial charge in [-0.25, -0.2) is 4.79 Å². The Balaban J connectivity index is 2.35. The van der Waals surface area contributed by atoms with E-state index in [1.165, 1.54) is 33.5 Å². The molecule has 1 aromatic carbocycles. The number of carbonyl (C=O) groups excluding carboxylic acids is 2. The fourth-order valence-corrected chi connectivity index (χ4v) is 2.91. The molecule has 1 aliphatic rings. The summed E-state index contributed by atoms with van der Waals surface area (Å²) in [5.74, 6) is 0.412. The van der Waals surface area contributed by atoms with Gasteiger partial charge in [0, 0.05) is 11.1 Å². The van der Waals surface area contributed by atoms with Crippen molar-refractivity contribution >= 4 is 17.5 Å². The van der Waals surface area contributed by atoms with Crippen LogP contribution in [0.5, 0.6) is 17.2 Å². The monoisotopic (exact) mass is 401 g/mol. The first kappa shape index (κ1) is 22.2. The number of ketones is 1. The number of benzene rings is 1. The summed E-state index contributed by atoms with van der Waals surface area (Å²) in [6.07, 6.45) is 3.31. The zero-order chi connectivity index (χ0) is 21.7. The van der Waals surface area contributed by atoms with Crippen molar-refractivity contribution in [2.75, 3.05) is 21.3 Å². The summed E-state index contributed by atoms with van der Waals surface area (Å²) in [4.78, 5) is 30.2. The van der Waals surface area contributed by atoms with Crippen LogP contribution in [0.2, 0.25) is 0 Å². The van der Waals surface area contributed by atoms with Crippen LogP contribution in [0.3, 0.4) is 0 Å². The van der Waals surface area contributed by atoms with Gasteiger partial charge in [0.15, 0.2) is 17.3 Å². The molecule has 156 valence electrons. The third kappa shape index (κ3) is 4.85. The molecule has 1 aromatic rings. The second kappa shape index (κ2) is 9.41. The van der Waals surface area contributed by atoms with Crippen LogP contribution in [-0.2, 0) is 9.63 Å². The number of oxime groups is 1. The minimum absolute atomic E-state index is 0.00454. The SMILES string of the molecule is COc1cc(C(=O)ON=C2C=C(C(C)C)C(=O)C(C(C)C)=C2)cc(OC)c1OC. The first-order chi connectivity index (χ1) is 13.7. The van der Waals surface area contributed by atoms with Gasteiger partial charge in [-0.15, -0.1) is 0 Å². The van der Waals surface area contributed by atoms with Gasteiger partial charge in [0.05, 0.1) is 26.9 Å². The largest absolute Gasteiger partial charge is 0.493 e. The van der Waals surface area contributed by atoms with E-state index in [1.54, 1.807) is 12.2 Å². The lowest BCUT2D eigenvalue weighted by Gasteiger charge is -2.19. The van der Waals surface area contributed by atoms with Crippen molar-refractivity contribution in [3.05, 3.63) is 41.0 Å². The Bertz CT molecular complexity index is 838. The van der Waals surface area contributed by atoms with Crippen LogP contribution in [0.15, 0.2) is 40.6 Å². The molecule has 0 saturated heterocycles. The first-order valence-corrected chi connectivity index (χ1v) is 9.30. The van der Waals surface area contributed by atoms with Crippen LogP contribution in [0, 0.1) is 11.8 Å². The molecule has 2 rings (SSSR count). The molecular formula is C22H27NO6. The fourth-order valence-electron chi connectivity index (χ4n) is 2.91. The van der Waals surface area contributed by atoms with Crippen LogP contribution in [0.25, 0.3) is 0 Å². The van der Waals surface area contributed by atoms with Crippen molar-refractivity contribution in [3.8, 4) is 17.2 Å². The summed E-state index contributed by atoms with van der Waals surface area (Å²) in [6, 6.07) is 2.97. The number of methoxy groups -OCH3 is 3. The van der Waals surface area contributed by atoms with E-state index in [2.05, 4.69) is 5.16 Å². The average Bonchev–Trinajstić information content (AvgIpc) is 2.70. The first-order valence-electron chi connectivity index (χ1n) is 9.30. The standard InChI is InChI=1S/C22H27NO6/c1-12(2)16-10-15(11-17(13(3)4)20(16)24)23-29-22(25)14-8-18(26-5)21(28-7)19(9-14)27-6/h8-13H,1-7H3. The molecular weight excluding hydrogens is 374 g/mol. The summed E-state index contributed by atoms with van der Waals surface area (Å²) in [5.41, 5.74) is 1.88. The van der Waals surface area contributed by atoms with Crippen LogP contribution in [0.4, 0.5) is 0 Å². The lowest BCUT2D eigenvalue weighted by molar-refractivity contribution is -0.113. The Morgan fingerprint density at radius 3 is 1.72 bits per heavy atom. The predicted octanol–water partition coefficient (Wildman–Crippen LogP) is 3.97. The zero-order valence-corrected chi connectivity index (χ0v) is 17.9. The number of rotatable bonds is 7. The molecule has 0 saturated carbocycles. The van der Waals surface area contributed by atoms with E-state index in [-0.39, 0.29) is 23.2 Å². The highest BCUT2D eigenvalue weighted by Crippen LogP contribution is 2.38. The minimum Gasteiger partial charge on any atom is -0.493 e. The van der Waals surface area contributed by atoms with Crippen LogP contribution in [-0.4, -0.2) is 38.8 Å². The molecule has 7 nitrogen and oxygen atoms in total. The molecule has 0 atom stereocenters. The van der Waals surface area contributed by atoms with Crippen LogP contribution < -0.4 is 14.2 Å². The Labute approximate surface area is 171 Å². The molecule has 1 aliphatic carbocycles. The molecule has 0 fully saturated rings. The molecule has 0 aliphatic heterocycles. The Morgan fingerprint density at radius 2 is 1.34 bits per heavy atom. The van der Waals surface area contributed by atoms with Gasteiger partial charge in [0.2, 0.25) is 5.75 Å². The maximum absolute atomic E-state index is 12.6. The van der Waals surface area contributed by atoms with E-state index >= 15 is 0 Å². The molecule has 0 radical (unpaired) electrons. The molecule has 29 heavy (non-hydrogen) atoms. The van der Waals surface area contributed by atoms with Crippen molar-refractivity contribution in [2.45, 2.75) is 27.7 Å². The van der Waals surface area contributed by atoms with Crippen molar-refractivity contribution in [1.82, 2.24) is 0 Å². The number of hydrogen-bond donors (Lipinski definition) is 0. The summed E-state index contributed by atoms with van der Waals surface area (Å²) < 4.78 is 15.8. The van der Waals surface area contributed by atoms with E-state index in [9.17, 15) is 9.59 Å². The van der Waals surface area contributed by atoms with E-state index in [0.29, 0.717) is 34.1 Å². The molecule has 0 heterocycles. The molecule has 0 bridgehead atoms. The molecule has 0 spiro atoms. The Hall–Kier alpha value is -3.09. The second-order valence-electron chi connectivity index (χ2n) is 7.15. The van der Waals surface area contributed by atoms with Gasteiger partial charge in [-0.05, 0) is 36.1 Å². The average molecular weight is 401 g/mol. The van der Waals surface area contributed by atoms with Gasteiger partial charge in [-0.2, -0.15) is 0 Å². The number of nitrogens with zero attached hydrogens (tertiary/aromatic N) is 1. The van der Waals surface area contributed by atoms with Crippen molar-refractivity contribution in [3.63, 3.8) is 0 Å². The molecule has 0 aromatic heterocycles. The minimum atomic E-state index is -0.687. The van der Waals surface area contributed by atoms with Gasteiger partial charge in [-0.1, -0.05) is 32.9 Å². The summed E-state index contributed by atoms with van der Waals surface area (Å²) in [7, 11) is 4.40. The third-order valence-corrected chi connectivity index (χ3v) is 4.51. The topological polar surface area (TPSA) is 83.4 Å². The maximum Gasteiger partial charge on any atom is 0.366 e. The fraction of sp³-hybridized carbons (Fsp3) is 0.409. The summed E-state index contributed by atoms with van der Waals surface area (Å²) in [6.45, 7) is 7.75. The molecule has 0 unspecified atom stereocenters. The molecule has 7 heteroatoms. The second-order valence-corrected chi connectivity index (χ2v) is 7.15. The summed E-state index contributed by atoms with van der Waals surface area (Å²) in [5, 5.41) is 3.96. The summed E-state index contributed by atoms with van der Waals surface area (Å²) >= 11 is 0. The number of allylic oxidation sites excluding steroid dienone is 4. The van der Waals surface area contributed by atoms with Crippen molar-refractivity contribution in [2.24, 2.45) is 17.0 Å². The Morgan fingerprint density at radius 1 is 0.862 bits per heavy atom. The normalized spacial score (nSPS) is 13.8. The smallest absolute Gasteiger partial charge is 0.366 e. The maximum atomic E-state index is 12.6.